The first-order valence-corrected chi connectivity index (χ1v) is 8.97. The molecule has 8 nitrogen and oxygen atoms in total. The largest absolute Gasteiger partial charge is 0.502 e. The average Bonchev–Trinajstić information content (AvgIpc) is 2.90. The highest BCUT2D eigenvalue weighted by atomic mass is 32.2. The SMILES string of the molecule is CCS(=O)(=O)N(C)c1oc(-c2cccc(OC)c2)c(O)c1OC(C)=O. The number of nitrogens with zero attached hydrogens (tertiary/aromatic N) is 1. The van der Waals surface area contributed by atoms with Gasteiger partial charge in [-0.1, -0.05) is 12.1 Å². The smallest absolute Gasteiger partial charge is 0.308 e. The number of ether oxygens (including phenoxy) is 2. The van der Waals surface area contributed by atoms with E-state index < -0.39 is 21.7 Å². The van der Waals surface area contributed by atoms with Crippen LogP contribution in [0.5, 0.6) is 17.2 Å². The number of rotatable bonds is 6. The van der Waals surface area contributed by atoms with Crippen molar-refractivity contribution in [2.45, 2.75) is 13.8 Å². The van der Waals surface area contributed by atoms with Crippen molar-refractivity contribution >= 4 is 21.9 Å². The zero-order valence-electron chi connectivity index (χ0n) is 14.3. The molecule has 136 valence electrons. The van der Waals surface area contributed by atoms with Crippen LogP contribution in [0.1, 0.15) is 13.8 Å². The number of esters is 1. The lowest BCUT2D eigenvalue weighted by Crippen LogP contribution is -2.28. The van der Waals surface area contributed by atoms with Crippen molar-refractivity contribution in [1.82, 2.24) is 0 Å². The number of hydrogen-bond acceptors (Lipinski definition) is 7. The summed E-state index contributed by atoms with van der Waals surface area (Å²) in [5.74, 6) is -1.56. The van der Waals surface area contributed by atoms with E-state index >= 15 is 0 Å². The molecule has 0 fully saturated rings. The summed E-state index contributed by atoms with van der Waals surface area (Å²) < 4.78 is 40.7. The summed E-state index contributed by atoms with van der Waals surface area (Å²) in [5, 5.41) is 10.4. The molecule has 0 aliphatic carbocycles. The lowest BCUT2D eigenvalue weighted by Gasteiger charge is -2.16. The van der Waals surface area contributed by atoms with Crippen LogP contribution in [0.4, 0.5) is 5.88 Å². The quantitative estimate of drug-likeness (QED) is 0.779. The van der Waals surface area contributed by atoms with Gasteiger partial charge in [-0.2, -0.15) is 0 Å². The molecule has 2 rings (SSSR count). The summed E-state index contributed by atoms with van der Waals surface area (Å²) in [6.45, 7) is 2.60. The Morgan fingerprint density at radius 3 is 2.60 bits per heavy atom. The first-order valence-electron chi connectivity index (χ1n) is 7.36. The summed E-state index contributed by atoms with van der Waals surface area (Å²) in [6, 6.07) is 6.60. The summed E-state index contributed by atoms with van der Waals surface area (Å²) >= 11 is 0. The molecule has 0 aliphatic heterocycles. The summed E-state index contributed by atoms with van der Waals surface area (Å²) in [7, 11) is -0.961. The standard InChI is InChI=1S/C16H19NO7S/c1-5-25(20,21)17(3)16-15(23-10(2)18)13(19)14(24-16)11-7-6-8-12(9-11)22-4/h6-9,19H,5H2,1-4H3. The van der Waals surface area contributed by atoms with Crippen LogP contribution in [0, 0.1) is 0 Å². The lowest BCUT2D eigenvalue weighted by molar-refractivity contribution is -0.132. The Morgan fingerprint density at radius 2 is 2.04 bits per heavy atom. The number of methoxy groups -OCH3 is 1. The second-order valence-corrected chi connectivity index (χ2v) is 7.40. The maximum atomic E-state index is 12.1. The number of aromatic hydroxyl groups is 1. The molecule has 0 spiro atoms. The van der Waals surface area contributed by atoms with Gasteiger partial charge in [-0.05, 0) is 19.1 Å². The molecule has 1 N–H and O–H groups in total. The zero-order valence-corrected chi connectivity index (χ0v) is 15.1. The molecular weight excluding hydrogens is 350 g/mol. The van der Waals surface area contributed by atoms with Crippen molar-refractivity contribution in [3.8, 4) is 28.6 Å². The van der Waals surface area contributed by atoms with Gasteiger partial charge in [0.1, 0.15) is 5.75 Å². The maximum absolute atomic E-state index is 12.1. The number of carbonyl (C=O) groups excluding carboxylic acids is 1. The van der Waals surface area contributed by atoms with Crippen LogP contribution in [-0.2, 0) is 14.8 Å². The van der Waals surface area contributed by atoms with E-state index in [1.165, 1.54) is 21.1 Å². The number of hydrogen-bond donors (Lipinski definition) is 1. The van der Waals surface area contributed by atoms with E-state index in [1.54, 1.807) is 24.3 Å². The molecule has 1 aromatic heterocycles. The number of furan rings is 1. The van der Waals surface area contributed by atoms with Crippen molar-refractivity contribution < 1.29 is 32.2 Å². The fourth-order valence-corrected chi connectivity index (χ4v) is 2.88. The van der Waals surface area contributed by atoms with Crippen LogP contribution < -0.4 is 13.8 Å². The van der Waals surface area contributed by atoms with Gasteiger partial charge in [0.25, 0.3) is 5.88 Å². The second kappa shape index (κ2) is 7.06. The molecule has 0 saturated carbocycles. The molecule has 0 radical (unpaired) electrons. The van der Waals surface area contributed by atoms with E-state index in [2.05, 4.69) is 0 Å². The third kappa shape index (κ3) is 3.71. The summed E-state index contributed by atoms with van der Waals surface area (Å²) in [6.07, 6.45) is 0. The Hall–Kier alpha value is -2.68. The molecule has 1 heterocycles. The Kier molecular flexibility index (Phi) is 5.27. The highest BCUT2D eigenvalue weighted by molar-refractivity contribution is 7.92. The van der Waals surface area contributed by atoms with Crippen LogP contribution in [0.15, 0.2) is 28.7 Å². The summed E-state index contributed by atoms with van der Waals surface area (Å²) in [4.78, 5) is 11.3. The van der Waals surface area contributed by atoms with Gasteiger partial charge in [0.15, 0.2) is 5.76 Å². The number of benzene rings is 1. The van der Waals surface area contributed by atoms with Crippen LogP contribution in [0.25, 0.3) is 11.3 Å². The van der Waals surface area contributed by atoms with Gasteiger partial charge >= 0.3 is 5.97 Å². The number of carbonyl (C=O) groups is 1. The zero-order chi connectivity index (χ0) is 18.8. The first-order chi connectivity index (χ1) is 11.7. The topological polar surface area (TPSA) is 106 Å². The van der Waals surface area contributed by atoms with Crippen molar-refractivity contribution in [2.75, 3.05) is 24.2 Å². The maximum Gasteiger partial charge on any atom is 0.308 e. The van der Waals surface area contributed by atoms with Gasteiger partial charge < -0.3 is 19.0 Å². The fourth-order valence-electron chi connectivity index (χ4n) is 2.12. The molecule has 0 atom stereocenters. The molecule has 9 heteroatoms. The molecule has 0 bridgehead atoms. The molecule has 0 aliphatic rings. The molecule has 0 saturated heterocycles. The van der Waals surface area contributed by atoms with E-state index in [9.17, 15) is 18.3 Å². The Balaban J connectivity index is 2.65. The average molecular weight is 369 g/mol. The minimum atomic E-state index is -3.70. The van der Waals surface area contributed by atoms with Crippen molar-refractivity contribution in [1.29, 1.82) is 0 Å². The highest BCUT2D eigenvalue weighted by Gasteiger charge is 2.31. The third-order valence-electron chi connectivity index (χ3n) is 3.47. The van der Waals surface area contributed by atoms with Crippen LogP contribution in [0.2, 0.25) is 0 Å². The van der Waals surface area contributed by atoms with E-state index in [-0.39, 0.29) is 23.1 Å². The van der Waals surface area contributed by atoms with Crippen molar-refractivity contribution in [3.05, 3.63) is 24.3 Å². The van der Waals surface area contributed by atoms with Gasteiger partial charge in [0, 0.05) is 19.5 Å². The van der Waals surface area contributed by atoms with Gasteiger partial charge in [-0.15, -0.1) is 0 Å². The van der Waals surface area contributed by atoms with E-state index in [0.717, 1.165) is 11.2 Å². The molecular formula is C16H19NO7S. The molecule has 0 unspecified atom stereocenters. The summed E-state index contributed by atoms with van der Waals surface area (Å²) in [5.41, 5.74) is 0.429. The van der Waals surface area contributed by atoms with Gasteiger partial charge in [0.05, 0.1) is 12.9 Å². The first kappa shape index (κ1) is 18.7. The lowest BCUT2D eigenvalue weighted by atomic mass is 10.1. The highest BCUT2D eigenvalue weighted by Crippen LogP contribution is 2.48. The Bertz CT molecular complexity index is 886. The predicted molar refractivity (Wildman–Crippen MR) is 91.5 cm³/mol. The van der Waals surface area contributed by atoms with E-state index in [1.807, 2.05) is 0 Å². The molecule has 25 heavy (non-hydrogen) atoms. The van der Waals surface area contributed by atoms with E-state index in [0.29, 0.717) is 11.3 Å². The van der Waals surface area contributed by atoms with Crippen LogP contribution in [0.3, 0.4) is 0 Å². The Morgan fingerprint density at radius 1 is 1.36 bits per heavy atom. The molecule has 1 aromatic carbocycles. The predicted octanol–water partition coefficient (Wildman–Crippen LogP) is 2.37. The minimum absolute atomic E-state index is 0.0386. The van der Waals surface area contributed by atoms with Gasteiger partial charge in [0.2, 0.25) is 21.5 Å². The number of anilines is 1. The Labute approximate surface area is 145 Å². The minimum Gasteiger partial charge on any atom is -0.502 e. The molecule has 2 aromatic rings. The van der Waals surface area contributed by atoms with Crippen molar-refractivity contribution in [3.63, 3.8) is 0 Å². The van der Waals surface area contributed by atoms with Gasteiger partial charge in [-0.3, -0.25) is 4.79 Å². The van der Waals surface area contributed by atoms with Gasteiger partial charge in [-0.25, -0.2) is 12.7 Å². The fraction of sp³-hybridized carbons (Fsp3) is 0.312. The van der Waals surface area contributed by atoms with Crippen LogP contribution >= 0.6 is 0 Å². The van der Waals surface area contributed by atoms with E-state index in [4.69, 9.17) is 13.9 Å². The monoisotopic (exact) mass is 369 g/mol. The normalized spacial score (nSPS) is 11.2. The second-order valence-electron chi connectivity index (χ2n) is 5.11. The van der Waals surface area contributed by atoms with Crippen molar-refractivity contribution in [2.24, 2.45) is 0 Å². The number of sulfonamides is 1. The molecule has 0 amide bonds. The third-order valence-corrected chi connectivity index (χ3v) is 5.20. The van der Waals surface area contributed by atoms with Crippen LogP contribution in [-0.4, -0.2) is 39.4 Å².